The highest BCUT2D eigenvalue weighted by Gasteiger charge is 2.05. The molecule has 0 rings (SSSR count). The Bertz CT molecular complexity index is 107. The van der Waals surface area contributed by atoms with E-state index in [-0.39, 0.29) is 0 Å². The molecule has 85 valence electrons. The van der Waals surface area contributed by atoms with Crippen LogP contribution in [0.25, 0.3) is 0 Å². The summed E-state index contributed by atoms with van der Waals surface area (Å²) in [5.74, 6) is 1.62. The molecule has 0 saturated heterocycles. The van der Waals surface area contributed by atoms with Gasteiger partial charge in [0.15, 0.2) is 0 Å². The predicted octanol–water partition coefficient (Wildman–Crippen LogP) is 5.23. The molecule has 0 heterocycles. The molecule has 0 aliphatic heterocycles. The summed E-state index contributed by atoms with van der Waals surface area (Å²) in [5.41, 5.74) is 0. The summed E-state index contributed by atoms with van der Waals surface area (Å²) in [4.78, 5) is 0. The van der Waals surface area contributed by atoms with Crippen molar-refractivity contribution in [2.24, 2.45) is 11.8 Å². The Labute approximate surface area is 91.5 Å². The first-order valence-electron chi connectivity index (χ1n) is 6.53. The lowest BCUT2D eigenvalue weighted by atomic mass is 9.92. The Morgan fingerprint density at radius 3 is 2.14 bits per heavy atom. The summed E-state index contributed by atoms with van der Waals surface area (Å²) in [5, 5.41) is 0. The van der Waals surface area contributed by atoms with Gasteiger partial charge in [-0.25, -0.2) is 0 Å². The topological polar surface area (TPSA) is 0 Å². The predicted molar refractivity (Wildman–Crippen MR) is 66.3 cm³/mol. The molecule has 2 unspecified atom stereocenters. The summed E-state index contributed by atoms with van der Waals surface area (Å²) in [6.45, 7) is 11.2. The van der Waals surface area contributed by atoms with Crippen molar-refractivity contribution >= 4 is 0 Å². The minimum Gasteiger partial charge on any atom is -0.0654 e. The van der Waals surface area contributed by atoms with Crippen molar-refractivity contribution in [3.8, 4) is 0 Å². The van der Waals surface area contributed by atoms with Crippen molar-refractivity contribution in [3.63, 3.8) is 0 Å². The van der Waals surface area contributed by atoms with E-state index in [0.29, 0.717) is 5.92 Å². The molecule has 0 aliphatic carbocycles. The standard InChI is InChI=1S/C14H29/c1-5-7-8-10-14(4)12-11-13(3)9-6-2/h13-14H,4-12H2,1-3H3. The van der Waals surface area contributed by atoms with Crippen LogP contribution in [0.4, 0.5) is 0 Å². The summed E-state index contributed by atoms with van der Waals surface area (Å²) in [6.07, 6.45) is 10.9. The first kappa shape index (κ1) is 14.0. The van der Waals surface area contributed by atoms with Gasteiger partial charge in [0.1, 0.15) is 0 Å². The lowest BCUT2D eigenvalue weighted by Gasteiger charge is -2.14. The van der Waals surface area contributed by atoms with Gasteiger partial charge in [-0.15, -0.1) is 0 Å². The molecule has 0 heteroatoms. The van der Waals surface area contributed by atoms with Crippen molar-refractivity contribution < 1.29 is 0 Å². The lowest BCUT2D eigenvalue weighted by molar-refractivity contribution is 0.407. The Morgan fingerprint density at radius 1 is 0.857 bits per heavy atom. The molecule has 2 atom stereocenters. The fourth-order valence-electron chi connectivity index (χ4n) is 1.98. The molecule has 0 aromatic carbocycles. The first-order chi connectivity index (χ1) is 6.70. The van der Waals surface area contributed by atoms with E-state index < -0.39 is 0 Å². The monoisotopic (exact) mass is 197 g/mol. The highest BCUT2D eigenvalue weighted by Crippen LogP contribution is 2.20. The fourth-order valence-corrected chi connectivity index (χ4v) is 1.98. The summed E-state index contributed by atoms with van der Waals surface area (Å²) >= 11 is 0. The van der Waals surface area contributed by atoms with Gasteiger partial charge in [-0.05, 0) is 11.8 Å². The zero-order valence-corrected chi connectivity index (χ0v) is 10.5. The second-order valence-corrected chi connectivity index (χ2v) is 4.83. The van der Waals surface area contributed by atoms with Gasteiger partial charge >= 0.3 is 0 Å². The summed E-state index contributed by atoms with van der Waals surface area (Å²) in [7, 11) is 0. The van der Waals surface area contributed by atoms with Crippen LogP contribution in [-0.4, -0.2) is 0 Å². The normalized spacial score (nSPS) is 15.4. The van der Waals surface area contributed by atoms with Crippen LogP contribution >= 0.6 is 0 Å². The number of hydrogen-bond acceptors (Lipinski definition) is 0. The molecule has 0 nitrogen and oxygen atoms in total. The van der Waals surface area contributed by atoms with Crippen molar-refractivity contribution in [2.75, 3.05) is 0 Å². The van der Waals surface area contributed by atoms with E-state index >= 15 is 0 Å². The van der Waals surface area contributed by atoms with E-state index in [0.717, 1.165) is 5.92 Å². The van der Waals surface area contributed by atoms with Gasteiger partial charge in [0.25, 0.3) is 0 Å². The molecule has 0 aromatic rings. The Morgan fingerprint density at radius 2 is 1.57 bits per heavy atom. The molecule has 0 amide bonds. The van der Waals surface area contributed by atoms with Crippen molar-refractivity contribution in [3.05, 3.63) is 6.92 Å². The van der Waals surface area contributed by atoms with E-state index in [1.807, 2.05) is 0 Å². The fraction of sp³-hybridized carbons (Fsp3) is 0.929. The van der Waals surface area contributed by atoms with Crippen LogP contribution in [0.2, 0.25) is 0 Å². The van der Waals surface area contributed by atoms with E-state index in [1.165, 1.54) is 51.4 Å². The van der Waals surface area contributed by atoms with Gasteiger partial charge in [-0.2, -0.15) is 0 Å². The van der Waals surface area contributed by atoms with Gasteiger partial charge in [0.2, 0.25) is 0 Å². The van der Waals surface area contributed by atoms with Gasteiger partial charge < -0.3 is 0 Å². The molecule has 14 heavy (non-hydrogen) atoms. The van der Waals surface area contributed by atoms with Crippen molar-refractivity contribution in [1.82, 2.24) is 0 Å². The van der Waals surface area contributed by atoms with Gasteiger partial charge in [0.05, 0.1) is 0 Å². The molecule has 0 spiro atoms. The minimum absolute atomic E-state index is 0.709. The Balaban J connectivity index is 3.29. The summed E-state index contributed by atoms with van der Waals surface area (Å²) in [6, 6.07) is 0. The van der Waals surface area contributed by atoms with Gasteiger partial charge in [-0.3, -0.25) is 0 Å². The number of hydrogen-bond donors (Lipinski definition) is 0. The zero-order valence-electron chi connectivity index (χ0n) is 10.5. The molecular formula is C14H29. The third kappa shape index (κ3) is 8.59. The second-order valence-electron chi connectivity index (χ2n) is 4.83. The molecule has 0 aliphatic rings. The van der Waals surface area contributed by atoms with E-state index in [9.17, 15) is 0 Å². The maximum Gasteiger partial charge on any atom is -0.0414 e. The quantitative estimate of drug-likeness (QED) is 0.444. The van der Waals surface area contributed by atoms with Crippen LogP contribution in [-0.2, 0) is 0 Å². The average Bonchev–Trinajstić information content (AvgIpc) is 2.16. The Hall–Kier alpha value is 0. The van der Waals surface area contributed by atoms with Crippen LogP contribution in [0, 0.1) is 18.8 Å². The summed E-state index contributed by atoms with van der Waals surface area (Å²) < 4.78 is 0. The van der Waals surface area contributed by atoms with Gasteiger partial charge in [0, 0.05) is 0 Å². The van der Waals surface area contributed by atoms with Crippen LogP contribution in [0.1, 0.15) is 72.1 Å². The molecule has 0 saturated carbocycles. The Kier molecular flexibility index (Phi) is 9.55. The van der Waals surface area contributed by atoms with E-state index in [1.54, 1.807) is 0 Å². The second kappa shape index (κ2) is 9.55. The largest absolute Gasteiger partial charge is 0.0654 e. The van der Waals surface area contributed by atoms with Crippen LogP contribution in [0.5, 0.6) is 0 Å². The molecule has 0 fully saturated rings. The maximum atomic E-state index is 4.24. The highest BCUT2D eigenvalue weighted by molar-refractivity contribution is 4.64. The SMILES string of the molecule is [CH2]C(CCCCC)CCC(C)CCC. The third-order valence-electron chi connectivity index (χ3n) is 3.07. The smallest absolute Gasteiger partial charge is 0.0414 e. The molecular weight excluding hydrogens is 168 g/mol. The minimum atomic E-state index is 0.709. The third-order valence-corrected chi connectivity index (χ3v) is 3.07. The lowest BCUT2D eigenvalue weighted by Crippen LogP contribution is -2.00. The van der Waals surface area contributed by atoms with Crippen LogP contribution in [0.15, 0.2) is 0 Å². The maximum absolute atomic E-state index is 4.24. The first-order valence-corrected chi connectivity index (χ1v) is 6.53. The van der Waals surface area contributed by atoms with Gasteiger partial charge in [-0.1, -0.05) is 79.1 Å². The van der Waals surface area contributed by atoms with Crippen molar-refractivity contribution in [1.29, 1.82) is 0 Å². The average molecular weight is 197 g/mol. The molecule has 0 N–H and O–H groups in total. The number of rotatable bonds is 9. The van der Waals surface area contributed by atoms with E-state index in [4.69, 9.17) is 0 Å². The van der Waals surface area contributed by atoms with E-state index in [2.05, 4.69) is 27.7 Å². The highest BCUT2D eigenvalue weighted by atomic mass is 14.1. The van der Waals surface area contributed by atoms with Crippen LogP contribution in [0.3, 0.4) is 0 Å². The number of unbranched alkanes of at least 4 members (excludes halogenated alkanes) is 2. The van der Waals surface area contributed by atoms with Crippen molar-refractivity contribution in [2.45, 2.75) is 72.1 Å². The van der Waals surface area contributed by atoms with Crippen LogP contribution < -0.4 is 0 Å². The zero-order chi connectivity index (χ0) is 10.8. The molecule has 0 aromatic heterocycles. The molecule has 0 bridgehead atoms. The molecule has 1 radical (unpaired) electrons.